The van der Waals surface area contributed by atoms with Crippen molar-refractivity contribution in [3.05, 3.63) is 0 Å². The van der Waals surface area contributed by atoms with E-state index in [1.165, 1.54) is 212 Å². The third kappa shape index (κ3) is 42.2. The number of halogens is 2. The first-order valence-corrected chi connectivity index (χ1v) is 24.2. The van der Waals surface area contributed by atoms with E-state index in [-0.39, 0.29) is 0 Å². The molecule has 0 aromatic carbocycles. The van der Waals surface area contributed by atoms with Gasteiger partial charge in [0, 0.05) is 0 Å². The van der Waals surface area contributed by atoms with Gasteiger partial charge in [-0.15, -0.1) is 22.2 Å². The molecule has 0 bridgehead atoms. The lowest BCUT2D eigenvalue weighted by Gasteiger charge is -2.09. The molecule has 0 spiro atoms. The lowest BCUT2D eigenvalue weighted by Crippen LogP contribution is -2.11. The fraction of sp³-hybridized carbons (Fsp3) is 0.974. The van der Waals surface area contributed by atoms with Crippen LogP contribution < -0.4 is 0 Å². The zero-order valence-corrected chi connectivity index (χ0v) is 31.6. The molecule has 0 saturated carbocycles. The first-order valence-electron chi connectivity index (χ1n) is 19.5. The SMILES string of the molecule is C[Si](Cl)(Cl)CCCCCCCCCCCCCCCCCCCCCCCCCCCCCCCCCCCCN=C=O. The molecule has 0 atom stereocenters. The van der Waals surface area contributed by atoms with E-state index >= 15 is 0 Å². The van der Waals surface area contributed by atoms with Crippen LogP contribution in [0.5, 0.6) is 0 Å². The highest BCUT2D eigenvalue weighted by Gasteiger charge is 2.19. The molecule has 0 amide bonds. The van der Waals surface area contributed by atoms with Crippen molar-refractivity contribution in [1.82, 2.24) is 0 Å². The molecule has 0 unspecified atom stereocenters. The summed E-state index contributed by atoms with van der Waals surface area (Å²) in [6, 6.07) is 1.06. The number of rotatable bonds is 37. The van der Waals surface area contributed by atoms with Gasteiger partial charge in [-0.05, 0) is 19.0 Å². The molecule has 0 aliphatic rings. The number of nitrogens with zero attached hydrogens (tertiary/aromatic N) is 1. The summed E-state index contributed by atoms with van der Waals surface area (Å²) in [6.07, 6.45) is 49.6. The minimum absolute atomic E-state index is 0.667. The van der Waals surface area contributed by atoms with Crippen molar-refractivity contribution in [2.24, 2.45) is 4.99 Å². The summed E-state index contributed by atoms with van der Waals surface area (Å²) in [6.45, 7) is 0.860. The highest BCUT2D eigenvalue weighted by molar-refractivity contribution is 7.44. The van der Waals surface area contributed by atoms with E-state index in [0.717, 1.165) is 12.5 Å². The molecule has 0 aromatic rings. The third-order valence-electron chi connectivity index (χ3n) is 9.20. The van der Waals surface area contributed by atoms with Crippen LogP contribution in [0.4, 0.5) is 0 Å². The Morgan fingerprint density at radius 1 is 0.372 bits per heavy atom. The summed E-state index contributed by atoms with van der Waals surface area (Å²) >= 11 is 12.3. The quantitative estimate of drug-likeness (QED) is 0.0214. The Bertz CT molecular complexity index is 577. The van der Waals surface area contributed by atoms with Crippen molar-refractivity contribution >= 4 is 34.9 Å². The van der Waals surface area contributed by atoms with E-state index in [1.807, 2.05) is 6.55 Å². The van der Waals surface area contributed by atoms with E-state index < -0.39 is 6.69 Å². The summed E-state index contributed by atoms with van der Waals surface area (Å²) in [5, 5.41) is 0. The van der Waals surface area contributed by atoms with E-state index in [4.69, 9.17) is 22.2 Å². The third-order valence-corrected chi connectivity index (χ3v) is 11.6. The fourth-order valence-electron chi connectivity index (χ4n) is 6.33. The van der Waals surface area contributed by atoms with E-state index in [2.05, 4.69) is 4.99 Å². The monoisotopic (exact) mass is 659 g/mol. The van der Waals surface area contributed by atoms with Crippen LogP contribution in [-0.2, 0) is 4.79 Å². The predicted molar refractivity (Wildman–Crippen MR) is 198 cm³/mol. The zero-order chi connectivity index (χ0) is 31.4. The molecule has 0 aromatic heterocycles. The largest absolute Gasteiger partial charge is 0.248 e. The highest BCUT2D eigenvalue weighted by Crippen LogP contribution is 2.23. The summed E-state index contributed by atoms with van der Waals surface area (Å²) in [7, 11) is 0. The van der Waals surface area contributed by atoms with Crippen LogP contribution in [0, 0.1) is 0 Å². The van der Waals surface area contributed by atoms with Gasteiger partial charge in [0.2, 0.25) is 12.8 Å². The van der Waals surface area contributed by atoms with Crippen LogP contribution in [-0.4, -0.2) is 19.3 Å². The van der Waals surface area contributed by atoms with Crippen LogP contribution >= 0.6 is 22.2 Å². The Kier molecular flexibility index (Phi) is 36.8. The second kappa shape index (κ2) is 36.6. The number of aliphatic imine (C=N–C) groups is 1. The van der Waals surface area contributed by atoms with Gasteiger partial charge in [-0.2, -0.15) is 0 Å². The molecule has 0 N–H and O–H groups in total. The average molecular weight is 661 g/mol. The molecule has 43 heavy (non-hydrogen) atoms. The lowest BCUT2D eigenvalue weighted by molar-refractivity contribution is 0.511. The smallest absolute Gasteiger partial charge is 0.211 e. The number of unbranched alkanes of at least 4 members (excludes halogenated alkanes) is 33. The van der Waals surface area contributed by atoms with Crippen molar-refractivity contribution in [1.29, 1.82) is 0 Å². The molecular formula is C38H75Cl2NOSi. The molecule has 0 radical (unpaired) electrons. The van der Waals surface area contributed by atoms with Crippen LogP contribution in [0.25, 0.3) is 0 Å². The van der Waals surface area contributed by atoms with Crippen molar-refractivity contribution in [3.8, 4) is 0 Å². The van der Waals surface area contributed by atoms with Crippen LogP contribution in [0.15, 0.2) is 4.99 Å². The summed E-state index contributed by atoms with van der Waals surface area (Å²) < 4.78 is 0. The molecule has 0 saturated heterocycles. The van der Waals surface area contributed by atoms with Crippen molar-refractivity contribution in [3.63, 3.8) is 0 Å². The first-order chi connectivity index (χ1) is 21.1. The predicted octanol–water partition coefficient (Wildman–Crippen LogP) is 15.1. The lowest BCUT2D eigenvalue weighted by atomic mass is 10.0. The van der Waals surface area contributed by atoms with Gasteiger partial charge in [0.25, 0.3) is 0 Å². The highest BCUT2D eigenvalue weighted by atomic mass is 35.7. The zero-order valence-electron chi connectivity index (χ0n) is 29.1. The standard InChI is InChI=1S/C38H75Cl2NOSi/c1-43(39,40)37-35-33-31-29-27-25-23-21-19-17-15-13-11-9-7-5-3-2-4-6-8-10-12-14-16-18-20-22-24-26-28-30-32-34-36-41-38-42/h2-37H2,1H3. The van der Waals surface area contributed by atoms with Gasteiger partial charge in [0.15, 0.2) is 0 Å². The number of isocyanates is 1. The van der Waals surface area contributed by atoms with Crippen LogP contribution in [0.1, 0.15) is 218 Å². The summed E-state index contributed by atoms with van der Waals surface area (Å²) in [4.78, 5) is 13.6. The number of hydrogen-bond acceptors (Lipinski definition) is 2. The Balaban J connectivity index is 3.06. The second-order valence-electron chi connectivity index (χ2n) is 13.8. The molecule has 0 aliphatic carbocycles. The maximum atomic E-state index is 10.0. The molecule has 0 fully saturated rings. The van der Waals surface area contributed by atoms with Gasteiger partial charge in [-0.1, -0.05) is 212 Å². The van der Waals surface area contributed by atoms with Gasteiger partial charge < -0.3 is 0 Å². The molecule has 0 heterocycles. The normalized spacial score (nSPS) is 11.7. The van der Waals surface area contributed by atoms with Crippen LogP contribution in [0.2, 0.25) is 12.6 Å². The second-order valence-corrected chi connectivity index (χ2v) is 22.0. The molecule has 0 rings (SSSR count). The van der Waals surface area contributed by atoms with Gasteiger partial charge >= 0.3 is 0 Å². The minimum Gasteiger partial charge on any atom is -0.211 e. The molecule has 256 valence electrons. The van der Waals surface area contributed by atoms with Crippen LogP contribution in [0.3, 0.4) is 0 Å². The Labute approximate surface area is 281 Å². The van der Waals surface area contributed by atoms with Crippen molar-refractivity contribution in [2.45, 2.75) is 231 Å². The number of carbonyl (C=O) groups excluding carboxylic acids is 1. The van der Waals surface area contributed by atoms with Crippen molar-refractivity contribution < 1.29 is 4.79 Å². The molecular weight excluding hydrogens is 585 g/mol. The Hall–Kier alpha value is 0.177. The van der Waals surface area contributed by atoms with Gasteiger partial charge in [-0.3, -0.25) is 0 Å². The molecule has 0 aliphatic heterocycles. The van der Waals surface area contributed by atoms with Gasteiger partial charge in [0.05, 0.1) is 6.54 Å². The van der Waals surface area contributed by atoms with E-state index in [0.29, 0.717) is 6.54 Å². The van der Waals surface area contributed by atoms with E-state index in [1.54, 1.807) is 6.08 Å². The number of hydrogen-bond donors (Lipinski definition) is 0. The van der Waals surface area contributed by atoms with Gasteiger partial charge in [-0.25, -0.2) is 9.79 Å². The average Bonchev–Trinajstić information content (AvgIpc) is 2.98. The topological polar surface area (TPSA) is 29.4 Å². The first kappa shape index (κ1) is 43.2. The van der Waals surface area contributed by atoms with E-state index in [9.17, 15) is 4.79 Å². The minimum atomic E-state index is -1.85. The maximum Gasteiger partial charge on any atom is 0.248 e. The molecule has 2 nitrogen and oxygen atoms in total. The Morgan fingerprint density at radius 2 is 0.558 bits per heavy atom. The van der Waals surface area contributed by atoms with Crippen molar-refractivity contribution in [2.75, 3.05) is 6.54 Å². The summed E-state index contributed by atoms with van der Waals surface area (Å²) in [5.74, 6) is 0. The maximum absolute atomic E-state index is 10.0. The van der Waals surface area contributed by atoms with Gasteiger partial charge in [0.1, 0.15) is 0 Å². The Morgan fingerprint density at radius 3 is 0.744 bits per heavy atom. The molecule has 5 heteroatoms. The summed E-state index contributed by atoms with van der Waals surface area (Å²) in [5.41, 5.74) is 0. The fourth-order valence-corrected chi connectivity index (χ4v) is 8.00.